The fraction of sp³-hybridized carbons (Fsp3) is 0.526. The maximum absolute atomic E-state index is 13.1. The molecule has 0 aliphatic carbocycles. The number of carbonyl (C=O) groups is 1. The molecule has 29 heavy (non-hydrogen) atoms. The van der Waals surface area contributed by atoms with Gasteiger partial charge in [0.2, 0.25) is 5.95 Å². The van der Waals surface area contributed by atoms with Crippen molar-refractivity contribution in [2.24, 2.45) is 7.05 Å². The predicted octanol–water partition coefficient (Wildman–Crippen LogP) is 1.46. The summed E-state index contributed by atoms with van der Waals surface area (Å²) in [5, 5.41) is 0.0755. The van der Waals surface area contributed by atoms with Crippen LogP contribution in [-0.4, -0.2) is 66.5 Å². The van der Waals surface area contributed by atoms with Crippen molar-refractivity contribution >= 4 is 21.9 Å². The van der Waals surface area contributed by atoms with E-state index in [1.54, 1.807) is 7.05 Å². The SMILES string of the molecule is CCCc1cnc(N2CCCN(S(=O)(=O)c3ccc(C(=O)OC)n3C)CC2)nc1. The van der Waals surface area contributed by atoms with Crippen molar-refractivity contribution in [2.45, 2.75) is 31.2 Å². The first-order valence-electron chi connectivity index (χ1n) is 9.68. The summed E-state index contributed by atoms with van der Waals surface area (Å²) in [6.45, 7) is 4.01. The van der Waals surface area contributed by atoms with Crippen LogP contribution in [0.25, 0.3) is 0 Å². The highest BCUT2D eigenvalue weighted by atomic mass is 32.2. The maximum atomic E-state index is 13.1. The highest BCUT2D eigenvalue weighted by Gasteiger charge is 2.31. The molecule has 0 bridgehead atoms. The van der Waals surface area contributed by atoms with Crippen molar-refractivity contribution < 1.29 is 17.9 Å². The van der Waals surface area contributed by atoms with Gasteiger partial charge in [-0.25, -0.2) is 23.2 Å². The van der Waals surface area contributed by atoms with E-state index in [9.17, 15) is 13.2 Å². The molecule has 0 aromatic carbocycles. The first-order valence-corrected chi connectivity index (χ1v) is 11.1. The van der Waals surface area contributed by atoms with E-state index >= 15 is 0 Å². The third-order valence-electron chi connectivity index (χ3n) is 5.04. The number of carbonyl (C=O) groups excluding carboxylic acids is 1. The first kappa shape index (κ1) is 21.3. The molecule has 0 radical (unpaired) electrons. The molecular formula is C19H27N5O4S. The largest absolute Gasteiger partial charge is 0.464 e. The minimum atomic E-state index is -3.74. The highest BCUT2D eigenvalue weighted by Crippen LogP contribution is 2.21. The Balaban J connectivity index is 1.74. The minimum absolute atomic E-state index is 0.0755. The number of hydrogen-bond donors (Lipinski definition) is 0. The van der Waals surface area contributed by atoms with Crippen molar-refractivity contribution in [1.82, 2.24) is 18.8 Å². The highest BCUT2D eigenvalue weighted by molar-refractivity contribution is 7.89. The van der Waals surface area contributed by atoms with E-state index in [0.29, 0.717) is 38.5 Å². The van der Waals surface area contributed by atoms with Crippen LogP contribution in [0.4, 0.5) is 5.95 Å². The van der Waals surface area contributed by atoms with Crippen LogP contribution in [0, 0.1) is 0 Å². The summed E-state index contributed by atoms with van der Waals surface area (Å²) in [6, 6.07) is 2.91. The smallest absolute Gasteiger partial charge is 0.354 e. The molecule has 1 aliphatic heterocycles. The zero-order valence-corrected chi connectivity index (χ0v) is 17.9. The fourth-order valence-electron chi connectivity index (χ4n) is 3.46. The Hall–Kier alpha value is -2.46. The molecule has 3 rings (SSSR count). The van der Waals surface area contributed by atoms with E-state index in [-0.39, 0.29) is 10.7 Å². The van der Waals surface area contributed by atoms with Gasteiger partial charge in [-0.3, -0.25) is 0 Å². The quantitative estimate of drug-likeness (QED) is 0.651. The second-order valence-electron chi connectivity index (χ2n) is 6.99. The van der Waals surface area contributed by atoms with Crippen molar-refractivity contribution in [2.75, 3.05) is 38.2 Å². The Morgan fingerprint density at radius 2 is 1.86 bits per heavy atom. The molecule has 0 spiro atoms. The Labute approximate surface area is 171 Å². The lowest BCUT2D eigenvalue weighted by atomic mass is 10.2. The Bertz CT molecular complexity index is 955. The van der Waals surface area contributed by atoms with Gasteiger partial charge in [0, 0.05) is 45.6 Å². The number of aromatic nitrogens is 3. The van der Waals surface area contributed by atoms with Crippen LogP contribution in [-0.2, 0) is 28.2 Å². The van der Waals surface area contributed by atoms with E-state index in [0.717, 1.165) is 18.4 Å². The lowest BCUT2D eigenvalue weighted by Crippen LogP contribution is -2.36. The zero-order valence-electron chi connectivity index (χ0n) is 17.0. The monoisotopic (exact) mass is 421 g/mol. The number of anilines is 1. The van der Waals surface area contributed by atoms with Gasteiger partial charge in [-0.2, -0.15) is 4.31 Å². The normalized spacial score (nSPS) is 15.9. The molecule has 0 atom stereocenters. The molecule has 1 fully saturated rings. The number of sulfonamides is 1. The average molecular weight is 422 g/mol. The number of rotatable bonds is 6. The second-order valence-corrected chi connectivity index (χ2v) is 8.88. The number of ether oxygens (including phenoxy) is 1. The van der Waals surface area contributed by atoms with Crippen molar-refractivity contribution in [3.63, 3.8) is 0 Å². The third-order valence-corrected chi connectivity index (χ3v) is 7.03. The van der Waals surface area contributed by atoms with Crippen LogP contribution in [0.3, 0.4) is 0 Å². The van der Waals surface area contributed by atoms with Gasteiger partial charge in [-0.1, -0.05) is 13.3 Å². The lowest BCUT2D eigenvalue weighted by Gasteiger charge is -2.22. The number of esters is 1. The zero-order chi connectivity index (χ0) is 21.0. The fourth-order valence-corrected chi connectivity index (χ4v) is 5.10. The van der Waals surface area contributed by atoms with Gasteiger partial charge in [-0.15, -0.1) is 0 Å². The van der Waals surface area contributed by atoms with Gasteiger partial charge in [0.25, 0.3) is 10.0 Å². The average Bonchev–Trinajstić information content (AvgIpc) is 2.94. The van der Waals surface area contributed by atoms with Crippen molar-refractivity contribution in [3.8, 4) is 0 Å². The number of nitrogens with zero attached hydrogens (tertiary/aromatic N) is 5. The summed E-state index contributed by atoms with van der Waals surface area (Å²) in [4.78, 5) is 22.7. The standard InChI is InChI=1S/C19H27N5O4S/c1-4-6-15-13-20-19(21-14-15)23-9-5-10-24(12-11-23)29(26,27)17-8-7-16(22(17)2)18(25)28-3/h7-8,13-14H,4-6,9-12H2,1-3H3. The van der Waals surface area contributed by atoms with Crippen LogP contribution < -0.4 is 4.90 Å². The molecule has 10 heteroatoms. The van der Waals surface area contributed by atoms with Crippen LogP contribution in [0.2, 0.25) is 0 Å². The first-order chi connectivity index (χ1) is 13.9. The molecule has 2 aromatic heterocycles. The summed E-state index contributed by atoms with van der Waals surface area (Å²) in [5.74, 6) is 0.0515. The van der Waals surface area contributed by atoms with Crippen LogP contribution >= 0.6 is 0 Å². The Morgan fingerprint density at radius 3 is 2.52 bits per heavy atom. The Morgan fingerprint density at radius 1 is 1.14 bits per heavy atom. The van der Waals surface area contributed by atoms with Crippen LogP contribution in [0.1, 0.15) is 35.8 Å². The molecule has 0 N–H and O–H groups in total. The molecule has 9 nitrogen and oxygen atoms in total. The van der Waals surface area contributed by atoms with Gasteiger partial charge >= 0.3 is 5.97 Å². The topological polar surface area (TPSA) is 97.6 Å². The summed E-state index contributed by atoms with van der Waals surface area (Å²) < 4.78 is 33.8. The van der Waals surface area contributed by atoms with E-state index in [1.807, 2.05) is 17.3 Å². The predicted molar refractivity (Wildman–Crippen MR) is 108 cm³/mol. The molecule has 3 heterocycles. The summed E-state index contributed by atoms with van der Waals surface area (Å²) in [7, 11) is -0.917. The molecule has 0 amide bonds. The Kier molecular flexibility index (Phi) is 6.53. The summed E-state index contributed by atoms with van der Waals surface area (Å²) in [6.07, 6.45) is 6.31. The molecular weight excluding hydrogens is 394 g/mol. The van der Waals surface area contributed by atoms with Crippen molar-refractivity contribution in [3.05, 3.63) is 35.8 Å². The number of aryl methyl sites for hydroxylation is 1. The number of methoxy groups -OCH3 is 1. The van der Waals surface area contributed by atoms with Crippen molar-refractivity contribution in [1.29, 1.82) is 0 Å². The molecule has 158 valence electrons. The third kappa shape index (κ3) is 4.43. The molecule has 2 aromatic rings. The van der Waals surface area contributed by atoms with E-state index in [1.165, 1.54) is 28.1 Å². The van der Waals surface area contributed by atoms with Gasteiger partial charge < -0.3 is 14.2 Å². The van der Waals surface area contributed by atoms with Gasteiger partial charge in [0.05, 0.1) is 7.11 Å². The van der Waals surface area contributed by atoms with Gasteiger partial charge in [-0.05, 0) is 30.5 Å². The van der Waals surface area contributed by atoms with Crippen LogP contribution in [0.15, 0.2) is 29.6 Å². The van der Waals surface area contributed by atoms with E-state index < -0.39 is 16.0 Å². The molecule has 1 saturated heterocycles. The molecule has 1 aliphatic rings. The van der Waals surface area contributed by atoms with E-state index in [4.69, 9.17) is 4.74 Å². The summed E-state index contributed by atoms with van der Waals surface area (Å²) in [5.41, 5.74) is 1.29. The molecule has 0 unspecified atom stereocenters. The van der Waals surface area contributed by atoms with E-state index in [2.05, 4.69) is 16.9 Å². The summed E-state index contributed by atoms with van der Waals surface area (Å²) >= 11 is 0. The lowest BCUT2D eigenvalue weighted by molar-refractivity contribution is 0.0589. The van der Waals surface area contributed by atoms with Gasteiger partial charge in [0.15, 0.2) is 5.03 Å². The number of hydrogen-bond acceptors (Lipinski definition) is 7. The maximum Gasteiger partial charge on any atom is 0.354 e. The van der Waals surface area contributed by atoms with Crippen LogP contribution in [0.5, 0.6) is 0 Å². The molecule has 0 saturated carbocycles. The second kappa shape index (κ2) is 8.91. The van der Waals surface area contributed by atoms with Gasteiger partial charge in [0.1, 0.15) is 5.69 Å². The minimum Gasteiger partial charge on any atom is -0.464 e.